The van der Waals surface area contributed by atoms with Gasteiger partial charge >= 0.3 is 5.97 Å². The number of nitrogens with zero attached hydrogens (tertiary/aromatic N) is 1. The van der Waals surface area contributed by atoms with Gasteiger partial charge in [-0.3, -0.25) is 14.9 Å². The van der Waals surface area contributed by atoms with Gasteiger partial charge in [-0.1, -0.05) is 11.6 Å². The van der Waals surface area contributed by atoms with Crippen molar-refractivity contribution in [1.29, 1.82) is 0 Å². The number of carbonyl (C=O) groups excluding carboxylic acids is 2. The van der Waals surface area contributed by atoms with Crippen molar-refractivity contribution < 1.29 is 24.0 Å². The second-order valence-electron chi connectivity index (χ2n) is 3.76. The SMILES string of the molecule is CCOCC(=O)OCC(=O)Nc1cc(Cl)ccc1[N+](=O)[O-]. The first-order valence-electron chi connectivity index (χ1n) is 5.91. The second-order valence-corrected chi connectivity index (χ2v) is 4.20. The van der Waals surface area contributed by atoms with Crippen molar-refractivity contribution in [2.45, 2.75) is 6.92 Å². The van der Waals surface area contributed by atoms with Crippen LogP contribution in [0.3, 0.4) is 0 Å². The fraction of sp³-hybridized carbons (Fsp3) is 0.333. The predicted octanol–water partition coefficient (Wildman–Crippen LogP) is 1.77. The van der Waals surface area contributed by atoms with E-state index >= 15 is 0 Å². The highest BCUT2D eigenvalue weighted by Crippen LogP contribution is 2.27. The number of anilines is 1. The number of nitrogens with one attached hydrogen (secondary N) is 1. The number of benzene rings is 1. The van der Waals surface area contributed by atoms with Crippen molar-refractivity contribution in [2.24, 2.45) is 0 Å². The van der Waals surface area contributed by atoms with Crippen LogP contribution in [0.2, 0.25) is 5.02 Å². The molecule has 21 heavy (non-hydrogen) atoms. The molecule has 1 rings (SSSR count). The molecule has 0 aliphatic rings. The van der Waals surface area contributed by atoms with Crippen LogP contribution in [0.25, 0.3) is 0 Å². The molecule has 0 atom stereocenters. The normalized spacial score (nSPS) is 10.0. The first kappa shape index (κ1) is 16.9. The zero-order valence-corrected chi connectivity index (χ0v) is 11.9. The summed E-state index contributed by atoms with van der Waals surface area (Å²) in [6.45, 7) is 1.21. The van der Waals surface area contributed by atoms with Crippen LogP contribution in [0.1, 0.15) is 6.92 Å². The smallest absolute Gasteiger partial charge is 0.332 e. The molecule has 1 N–H and O–H groups in total. The Labute approximate surface area is 125 Å². The van der Waals surface area contributed by atoms with Crippen molar-refractivity contribution in [3.8, 4) is 0 Å². The number of esters is 1. The maximum atomic E-state index is 11.6. The minimum absolute atomic E-state index is 0.0710. The van der Waals surface area contributed by atoms with Crippen LogP contribution in [0.4, 0.5) is 11.4 Å². The standard InChI is InChI=1S/C12H13ClN2O6/c1-2-20-7-12(17)21-6-11(16)14-9-5-8(13)3-4-10(9)15(18)19/h3-5H,2,6-7H2,1H3,(H,14,16). The molecule has 1 amide bonds. The lowest BCUT2D eigenvalue weighted by atomic mass is 10.2. The van der Waals surface area contributed by atoms with Gasteiger partial charge in [-0.15, -0.1) is 0 Å². The lowest BCUT2D eigenvalue weighted by molar-refractivity contribution is -0.383. The molecule has 0 bridgehead atoms. The summed E-state index contributed by atoms with van der Waals surface area (Å²) in [6, 6.07) is 3.73. The minimum atomic E-state index is -0.717. The molecule has 0 unspecified atom stereocenters. The predicted molar refractivity (Wildman–Crippen MR) is 74.2 cm³/mol. The summed E-state index contributed by atoms with van der Waals surface area (Å²) in [5.74, 6) is -1.42. The van der Waals surface area contributed by atoms with Crippen molar-refractivity contribution in [2.75, 3.05) is 25.1 Å². The lowest BCUT2D eigenvalue weighted by Gasteiger charge is -2.07. The number of halogens is 1. The Kier molecular flexibility index (Phi) is 6.57. The first-order valence-corrected chi connectivity index (χ1v) is 6.29. The maximum absolute atomic E-state index is 11.6. The molecule has 0 saturated heterocycles. The zero-order valence-electron chi connectivity index (χ0n) is 11.1. The molecule has 0 heterocycles. The fourth-order valence-corrected chi connectivity index (χ4v) is 1.50. The van der Waals surface area contributed by atoms with Gasteiger partial charge in [0.15, 0.2) is 6.61 Å². The highest BCUT2D eigenvalue weighted by atomic mass is 35.5. The van der Waals surface area contributed by atoms with Gasteiger partial charge in [-0.25, -0.2) is 4.79 Å². The van der Waals surface area contributed by atoms with E-state index in [1.165, 1.54) is 18.2 Å². The summed E-state index contributed by atoms with van der Waals surface area (Å²) >= 11 is 5.71. The fourth-order valence-electron chi connectivity index (χ4n) is 1.33. The van der Waals surface area contributed by atoms with Crippen LogP contribution in [0.15, 0.2) is 18.2 Å². The van der Waals surface area contributed by atoms with Gasteiger partial charge in [-0.05, 0) is 19.1 Å². The average molecular weight is 317 g/mol. The van der Waals surface area contributed by atoms with E-state index in [4.69, 9.17) is 16.3 Å². The van der Waals surface area contributed by atoms with Crippen molar-refractivity contribution in [1.82, 2.24) is 0 Å². The van der Waals surface area contributed by atoms with Gasteiger partial charge in [0, 0.05) is 17.7 Å². The molecule has 1 aromatic carbocycles. The Morgan fingerprint density at radius 2 is 2.10 bits per heavy atom. The Morgan fingerprint density at radius 3 is 2.71 bits per heavy atom. The molecular formula is C12H13ClN2O6. The van der Waals surface area contributed by atoms with Crippen LogP contribution in [0.5, 0.6) is 0 Å². The highest BCUT2D eigenvalue weighted by Gasteiger charge is 2.17. The molecule has 114 valence electrons. The van der Waals surface area contributed by atoms with E-state index in [0.717, 1.165) is 0 Å². The Balaban J connectivity index is 2.60. The molecule has 0 fully saturated rings. The summed E-state index contributed by atoms with van der Waals surface area (Å²) in [4.78, 5) is 32.9. The van der Waals surface area contributed by atoms with E-state index in [0.29, 0.717) is 6.61 Å². The summed E-state index contributed by atoms with van der Waals surface area (Å²) in [5, 5.41) is 13.3. The van der Waals surface area contributed by atoms with Gasteiger partial charge in [0.05, 0.1) is 4.92 Å². The first-order chi connectivity index (χ1) is 9.93. The van der Waals surface area contributed by atoms with Gasteiger partial charge in [-0.2, -0.15) is 0 Å². The summed E-state index contributed by atoms with van der Waals surface area (Å²) in [6.07, 6.45) is 0. The third kappa shape index (κ3) is 5.76. The van der Waals surface area contributed by atoms with E-state index in [9.17, 15) is 19.7 Å². The maximum Gasteiger partial charge on any atom is 0.332 e. The van der Waals surface area contributed by atoms with Crippen molar-refractivity contribution in [3.63, 3.8) is 0 Å². The number of rotatable bonds is 7. The lowest BCUT2D eigenvalue weighted by Crippen LogP contribution is -2.23. The Morgan fingerprint density at radius 1 is 1.38 bits per heavy atom. The Bertz CT molecular complexity index is 549. The third-order valence-corrected chi connectivity index (χ3v) is 2.45. The number of hydrogen-bond donors (Lipinski definition) is 1. The number of nitro benzene ring substituents is 1. The molecule has 0 radical (unpaired) electrons. The van der Waals surface area contributed by atoms with E-state index in [1.54, 1.807) is 6.92 Å². The third-order valence-electron chi connectivity index (χ3n) is 2.22. The van der Waals surface area contributed by atoms with Gasteiger partial charge < -0.3 is 14.8 Å². The largest absolute Gasteiger partial charge is 0.454 e. The second kappa shape index (κ2) is 8.18. The van der Waals surface area contributed by atoms with Crippen LogP contribution >= 0.6 is 11.6 Å². The number of nitro groups is 1. The molecule has 0 spiro atoms. The number of amides is 1. The van der Waals surface area contributed by atoms with Gasteiger partial charge in [0.2, 0.25) is 0 Å². The summed E-state index contributed by atoms with van der Waals surface area (Å²) in [5.41, 5.74) is -0.383. The Hall–Kier alpha value is -2.19. The van der Waals surface area contributed by atoms with Crippen LogP contribution in [-0.4, -0.2) is 36.6 Å². The van der Waals surface area contributed by atoms with Crippen LogP contribution in [-0.2, 0) is 19.1 Å². The minimum Gasteiger partial charge on any atom is -0.454 e. The number of hydrogen-bond acceptors (Lipinski definition) is 6. The van der Waals surface area contributed by atoms with Crippen LogP contribution in [0, 0.1) is 10.1 Å². The quantitative estimate of drug-likeness (QED) is 0.466. The van der Waals surface area contributed by atoms with E-state index in [1.807, 2.05) is 0 Å². The zero-order chi connectivity index (χ0) is 15.8. The molecule has 0 saturated carbocycles. The van der Waals surface area contributed by atoms with Gasteiger partial charge in [0.25, 0.3) is 11.6 Å². The molecule has 1 aromatic rings. The molecule has 0 aromatic heterocycles. The number of ether oxygens (including phenoxy) is 2. The van der Waals surface area contributed by atoms with Gasteiger partial charge in [0.1, 0.15) is 12.3 Å². The highest BCUT2D eigenvalue weighted by molar-refractivity contribution is 6.31. The molecule has 0 aliphatic carbocycles. The topological polar surface area (TPSA) is 108 Å². The monoisotopic (exact) mass is 316 g/mol. The van der Waals surface area contributed by atoms with Crippen molar-refractivity contribution >= 4 is 34.9 Å². The van der Waals surface area contributed by atoms with E-state index in [-0.39, 0.29) is 23.0 Å². The molecule has 0 aliphatic heterocycles. The van der Waals surface area contributed by atoms with E-state index in [2.05, 4.69) is 10.1 Å². The van der Waals surface area contributed by atoms with E-state index < -0.39 is 23.4 Å². The van der Waals surface area contributed by atoms with Crippen molar-refractivity contribution in [3.05, 3.63) is 33.3 Å². The number of carbonyl (C=O) groups is 2. The summed E-state index contributed by atoms with van der Waals surface area (Å²) in [7, 11) is 0. The van der Waals surface area contributed by atoms with Crippen LogP contribution < -0.4 is 5.32 Å². The molecule has 9 heteroatoms. The summed E-state index contributed by atoms with van der Waals surface area (Å²) < 4.78 is 9.43. The average Bonchev–Trinajstić information content (AvgIpc) is 2.42. The molecular weight excluding hydrogens is 304 g/mol. The molecule has 8 nitrogen and oxygen atoms in total.